The van der Waals surface area contributed by atoms with Crippen molar-refractivity contribution in [2.45, 2.75) is 19.3 Å². The molecule has 0 aliphatic heterocycles. The quantitative estimate of drug-likeness (QED) is 0.747. The first kappa shape index (κ1) is 16.0. The summed E-state index contributed by atoms with van der Waals surface area (Å²) in [7, 11) is 0. The van der Waals surface area contributed by atoms with Crippen LogP contribution >= 0.6 is 34.5 Å². The molecule has 0 atom stereocenters. The first-order chi connectivity index (χ1) is 10.1. The predicted octanol–water partition coefficient (Wildman–Crippen LogP) is 5.05. The topological polar surface area (TPSA) is 46.2 Å². The van der Waals surface area contributed by atoms with E-state index in [0.717, 1.165) is 4.88 Å². The van der Waals surface area contributed by atoms with Gasteiger partial charge < -0.3 is 5.32 Å². The van der Waals surface area contributed by atoms with Crippen molar-refractivity contribution >= 4 is 51.9 Å². The van der Waals surface area contributed by atoms with Crippen LogP contribution in [0.15, 0.2) is 35.7 Å². The third-order valence-electron chi connectivity index (χ3n) is 2.81. The molecule has 0 unspecified atom stereocenters. The van der Waals surface area contributed by atoms with Crippen LogP contribution in [0.3, 0.4) is 0 Å². The number of rotatable bonds is 6. The third-order valence-corrected chi connectivity index (χ3v) is 4.46. The highest BCUT2D eigenvalue weighted by atomic mass is 35.5. The van der Waals surface area contributed by atoms with Gasteiger partial charge in [0.15, 0.2) is 5.78 Å². The Balaban J connectivity index is 1.77. The number of hydrogen-bond donors (Lipinski definition) is 1. The molecule has 0 fully saturated rings. The SMILES string of the molecule is O=C(CCCC(=O)c1cccs1)Nc1ccc(Cl)c(Cl)c1. The molecular formula is C15H13Cl2NO2S. The number of nitrogens with one attached hydrogen (secondary N) is 1. The van der Waals surface area contributed by atoms with Gasteiger partial charge in [-0.2, -0.15) is 0 Å². The van der Waals surface area contributed by atoms with E-state index in [1.165, 1.54) is 11.3 Å². The lowest BCUT2D eigenvalue weighted by atomic mass is 10.1. The van der Waals surface area contributed by atoms with Crippen LogP contribution in [-0.4, -0.2) is 11.7 Å². The van der Waals surface area contributed by atoms with Gasteiger partial charge in [-0.05, 0) is 36.1 Å². The van der Waals surface area contributed by atoms with Crippen LogP contribution in [0.2, 0.25) is 10.0 Å². The summed E-state index contributed by atoms with van der Waals surface area (Å²) in [5.74, 6) is -0.0697. The van der Waals surface area contributed by atoms with Gasteiger partial charge in [0.2, 0.25) is 5.91 Å². The molecule has 3 nitrogen and oxygen atoms in total. The normalized spacial score (nSPS) is 10.4. The molecule has 1 aromatic carbocycles. The maximum absolute atomic E-state index is 11.8. The summed E-state index contributed by atoms with van der Waals surface area (Å²) in [6.07, 6.45) is 1.18. The molecule has 2 rings (SSSR count). The summed E-state index contributed by atoms with van der Waals surface area (Å²) in [6, 6.07) is 8.54. The molecule has 0 aliphatic rings. The molecule has 0 bridgehead atoms. The fraction of sp³-hybridized carbons (Fsp3) is 0.200. The van der Waals surface area contributed by atoms with E-state index in [2.05, 4.69) is 5.32 Å². The Morgan fingerprint density at radius 3 is 2.57 bits per heavy atom. The Hall–Kier alpha value is -1.36. The van der Waals surface area contributed by atoms with E-state index in [4.69, 9.17) is 23.2 Å². The Kier molecular flexibility index (Phi) is 5.79. The summed E-state index contributed by atoms with van der Waals surface area (Å²) in [6.45, 7) is 0. The predicted molar refractivity (Wildman–Crippen MR) is 87.6 cm³/mol. The number of hydrogen-bond acceptors (Lipinski definition) is 3. The third kappa shape index (κ3) is 4.84. The van der Waals surface area contributed by atoms with Crippen molar-refractivity contribution in [3.8, 4) is 0 Å². The molecule has 2 aromatic rings. The molecule has 0 spiro atoms. The summed E-state index contributed by atoms with van der Waals surface area (Å²) < 4.78 is 0. The van der Waals surface area contributed by atoms with Gasteiger partial charge in [-0.15, -0.1) is 11.3 Å². The van der Waals surface area contributed by atoms with Gasteiger partial charge in [0, 0.05) is 18.5 Å². The zero-order chi connectivity index (χ0) is 15.2. The second-order valence-corrected chi connectivity index (χ2v) is 6.19. The van der Waals surface area contributed by atoms with Crippen molar-refractivity contribution in [1.82, 2.24) is 0 Å². The largest absolute Gasteiger partial charge is 0.326 e. The summed E-state index contributed by atoms with van der Waals surface area (Å²) in [5.41, 5.74) is 0.596. The van der Waals surface area contributed by atoms with Crippen LogP contribution in [0.5, 0.6) is 0 Å². The zero-order valence-electron chi connectivity index (χ0n) is 11.1. The molecule has 1 aromatic heterocycles. The summed E-state index contributed by atoms with van der Waals surface area (Å²) >= 11 is 13.1. The number of thiophene rings is 1. The van der Waals surface area contributed by atoms with Crippen molar-refractivity contribution in [1.29, 1.82) is 0 Å². The Labute approximate surface area is 136 Å². The lowest BCUT2D eigenvalue weighted by Gasteiger charge is -2.06. The van der Waals surface area contributed by atoms with E-state index in [-0.39, 0.29) is 18.1 Å². The lowest BCUT2D eigenvalue weighted by Crippen LogP contribution is -2.11. The van der Waals surface area contributed by atoms with Gasteiger partial charge >= 0.3 is 0 Å². The fourth-order valence-electron chi connectivity index (χ4n) is 1.77. The van der Waals surface area contributed by atoms with Crippen LogP contribution in [-0.2, 0) is 4.79 Å². The molecule has 1 N–H and O–H groups in total. The smallest absolute Gasteiger partial charge is 0.224 e. The van der Waals surface area contributed by atoms with Gasteiger partial charge in [0.25, 0.3) is 0 Å². The minimum absolute atomic E-state index is 0.0762. The minimum atomic E-state index is -0.146. The van der Waals surface area contributed by atoms with Gasteiger partial charge in [-0.25, -0.2) is 0 Å². The van der Waals surface area contributed by atoms with Crippen molar-refractivity contribution in [2.24, 2.45) is 0 Å². The maximum Gasteiger partial charge on any atom is 0.224 e. The van der Waals surface area contributed by atoms with E-state index in [9.17, 15) is 9.59 Å². The average Bonchev–Trinajstić information content (AvgIpc) is 2.97. The molecule has 110 valence electrons. The van der Waals surface area contributed by atoms with E-state index in [1.807, 2.05) is 11.4 Å². The molecular weight excluding hydrogens is 329 g/mol. The minimum Gasteiger partial charge on any atom is -0.326 e. The highest BCUT2D eigenvalue weighted by Crippen LogP contribution is 2.25. The second-order valence-electron chi connectivity index (χ2n) is 4.43. The highest BCUT2D eigenvalue weighted by molar-refractivity contribution is 7.12. The molecule has 0 radical (unpaired) electrons. The zero-order valence-corrected chi connectivity index (χ0v) is 13.4. The Morgan fingerprint density at radius 1 is 1.10 bits per heavy atom. The highest BCUT2D eigenvalue weighted by Gasteiger charge is 2.09. The van der Waals surface area contributed by atoms with E-state index in [0.29, 0.717) is 28.6 Å². The number of amides is 1. The van der Waals surface area contributed by atoms with E-state index < -0.39 is 0 Å². The van der Waals surface area contributed by atoms with Crippen LogP contribution in [0.1, 0.15) is 28.9 Å². The van der Waals surface area contributed by atoms with Crippen molar-refractivity contribution in [3.63, 3.8) is 0 Å². The molecule has 6 heteroatoms. The molecule has 21 heavy (non-hydrogen) atoms. The first-order valence-electron chi connectivity index (χ1n) is 6.38. The second kappa shape index (κ2) is 7.59. The van der Waals surface area contributed by atoms with Crippen LogP contribution < -0.4 is 5.32 Å². The Bertz CT molecular complexity index is 641. The number of halogens is 2. The number of benzene rings is 1. The lowest BCUT2D eigenvalue weighted by molar-refractivity contribution is -0.116. The van der Waals surface area contributed by atoms with E-state index >= 15 is 0 Å². The molecule has 1 amide bonds. The van der Waals surface area contributed by atoms with Gasteiger partial charge in [0.1, 0.15) is 0 Å². The van der Waals surface area contributed by atoms with Crippen LogP contribution in [0.4, 0.5) is 5.69 Å². The standard InChI is InChI=1S/C15H13Cl2NO2S/c16-11-7-6-10(9-12(11)17)18-15(20)5-1-3-13(19)14-4-2-8-21-14/h2,4,6-9H,1,3,5H2,(H,18,20). The van der Waals surface area contributed by atoms with Gasteiger partial charge in [-0.3, -0.25) is 9.59 Å². The molecule has 1 heterocycles. The first-order valence-corrected chi connectivity index (χ1v) is 8.01. The van der Waals surface area contributed by atoms with Gasteiger partial charge in [0.05, 0.1) is 14.9 Å². The number of anilines is 1. The Morgan fingerprint density at radius 2 is 1.90 bits per heavy atom. The molecule has 0 aliphatic carbocycles. The van der Waals surface area contributed by atoms with E-state index in [1.54, 1.807) is 24.3 Å². The monoisotopic (exact) mass is 341 g/mol. The van der Waals surface area contributed by atoms with Crippen LogP contribution in [0, 0.1) is 0 Å². The molecule has 0 saturated carbocycles. The fourth-order valence-corrected chi connectivity index (χ4v) is 2.76. The summed E-state index contributed by atoms with van der Waals surface area (Å²) in [5, 5.41) is 5.43. The number of Topliss-reactive ketones (excluding diaryl/α,β-unsaturated/α-hetero) is 1. The van der Waals surface area contributed by atoms with Crippen LogP contribution in [0.25, 0.3) is 0 Å². The average molecular weight is 342 g/mol. The number of carbonyl (C=O) groups excluding carboxylic acids is 2. The van der Waals surface area contributed by atoms with Gasteiger partial charge in [-0.1, -0.05) is 29.3 Å². The maximum atomic E-state index is 11.8. The van der Waals surface area contributed by atoms with Crippen molar-refractivity contribution in [2.75, 3.05) is 5.32 Å². The van der Waals surface area contributed by atoms with Crippen molar-refractivity contribution in [3.05, 3.63) is 50.6 Å². The molecule has 0 saturated heterocycles. The van der Waals surface area contributed by atoms with Crippen molar-refractivity contribution < 1.29 is 9.59 Å². The number of carbonyl (C=O) groups is 2. The summed E-state index contributed by atoms with van der Waals surface area (Å²) in [4.78, 5) is 24.3. The number of ketones is 1.